The van der Waals surface area contributed by atoms with Gasteiger partial charge in [-0.05, 0) is 43.9 Å². The summed E-state index contributed by atoms with van der Waals surface area (Å²) in [5.41, 5.74) is 0.973. The van der Waals surface area contributed by atoms with Gasteiger partial charge in [-0.2, -0.15) is 0 Å². The van der Waals surface area contributed by atoms with Crippen LogP contribution in [0.25, 0.3) is 0 Å². The van der Waals surface area contributed by atoms with Crippen LogP contribution in [0.2, 0.25) is 0 Å². The van der Waals surface area contributed by atoms with Gasteiger partial charge in [-0.1, -0.05) is 19.3 Å². The molecular weight excluding hydrogens is 370 g/mol. The molecule has 1 saturated carbocycles. The minimum Gasteiger partial charge on any atom is -0.497 e. The first-order chi connectivity index (χ1) is 14.1. The number of methoxy groups -OCH3 is 2. The second-order valence-corrected chi connectivity index (χ2v) is 7.84. The van der Waals surface area contributed by atoms with Gasteiger partial charge in [-0.25, -0.2) is 4.79 Å². The number of hydrogen-bond donors (Lipinski definition) is 2. The fraction of sp³-hybridized carbons (Fsp3) is 0.636. The lowest BCUT2D eigenvalue weighted by Crippen LogP contribution is -2.44. The molecule has 2 fully saturated rings. The van der Waals surface area contributed by atoms with Crippen LogP contribution in [0.4, 0.5) is 4.79 Å². The molecule has 1 heterocycles. The zero-order chi connectivity index (χ0) is 20.6. The number of ether oxygens (including phenoxy) is 2. The van der Waals surface area contributed by atoms with Crippen molar-refractivity contribution in [1.29, 1.82) is 0 Å². The maximum atomic E-state index is 12.8. The third kappa shape index (κ3) is 5.55. The van der Waals surface area contributed by atoms with Gasteiger partial charge in [0.15, 0.2) is 0 Å². The van der Waals surface area contributed by atoms with Gasteiger partial charge < -0.3 is 25.0 Å². The van der Waals surface area contributed by atoms with E-state index < -0.39 is 0 Å². The van der Waals surface area contributed by atoms with Crippen LogP contribution in [-0.4, -0.2) is 50.2 Å². The Labute approximate surface area is 173 Å². The molecule has 1 saturated heterocycles. The number of likely N-dealkylation sites (tertiary alicyclic amines) is 1. The predicted molar refractivity (Wildman–Crippen MR) is 111 cm³/mol. The van der Waals surface area contributed by atoms with Crippen molar-refractivity contribution in [2.75, 3.05) is 27.3 Å². The monoisotopic (exact) mass is 403 g/mol. The Kier molecular flexibility index (Phi) is 7.61. The summed E-state index contributed by atoms with van der Waals surface area (Å²) >= 11 is 0. The molecule has 2 aliphatic rings. The predicted octanol–water partition coefficient (Wildman–Crippen LogP) is 3.39. The maximum Gasteiger partial charge on any atom is 0.315 e. The van der Waals surface area contributed by atoms with Gasteiger partial charge in [0.1, 0.15) is 11.5 Å². The third-order valence-corrected chi connectivity index (χ3v) is 5.93. The van der Waals surface area contributed by atoms with E-state index in [2.05, 4.69) is 10.6 Å². The molecule has 1 aliphatic carbocycles. The van der Waals surface area contributed by atoms with Crippen LogP contribution in [0, 0.1) is 0 Å². The first kappa shape index (κ1) is 21.3. The van der Waals surface area contributed by atoms with Crippen molar-refractivity contribution in [3.8, 4) is 11.5 Å². The number of benzene rings is 1. The van der Waals surface area contributed by atoms with E-state index in [9.17, 15) is 9.59 Å². The summed E-state index contributed by atoms with van der Waals surface area (Å²) < 4.78 is 10.9. The topological polar surface area (TPSA) is 79.9 Å². The normalized spacial score (nSPS) is 19.7. The van der Waals surface area contributed by atoms with Gasteiger partial charge in [0.2, 0.25) is 5.91 Å². The van der Waals surface area contributed by atoms with Crippen LogP contribution in [0.15, 0.2) is 18.2 Å². The molecule has 1 atom stereocenters. The fourth-order valence-electron chi connectivity index (χ4n) is 4.40. The van der Waals surface area contributed by atoms with Gasteiger partial charge in [-0.15, -0.1) is 0 Å². The molecule has 1 unspecified atom stereocenters. The van der Waals surface area contributed by atoms with E-state index in [4.69, 9.17) is 9.47 Å². The number of nitrogens with zero attached hydrogens (tertiary/aromatic N) is 1. The van der Waals surface area contributed by atoms with Crippen LogP contribution < -0.4 is 20.1 Å². The Balaban J connectivity index is 1.53. The van der Waals surface area contributed by atoms with Crippen LogP contribution in [-0.2, 0) is 4.79 Å². The van der Waals surface area contributed by atoms with Gasteiger partial charge in [0.25, 0.3) is 0 Å². The van der Waals surface area contributed by atoms with Crippen LogP contribution in [0.3, 0.4) is 0 Å². The number of rotatable bonds is 7. The van der Waals surface area contributed by atoms with E-state index in [1.807, 2.05) is 23.1 Å². The summed E-state index contributed by atoms with van der Waals surface area (Å²) in [7, 11) is 3.27. The Morgan fingerprint density at radius 1 is 1.07 bits per heavy atom. The fourth-order valence-corrected chi connectivity index (χ4v) is 4.40. The van der Waals surface area contributed by atoms with Crippen molar-refractivity contribution in [2.24, 2.45) is 0 Å². The number of urea groups is 1. The smallest absolute Gasteiger partial charge is 0.315 e. The summed E-state index contributed by atoms with van der Waals surface area (Å²) in [6.45, 7) is 1.06. The quantitative estimate of drug-likeness (QED) is 0.731. The molecule has 2 N–H and O–H groups in total. The molecule has 7 nitrogen and oxygen atoms in total. The summed E-state index contributed by atoms with van der Waals surface area (Å²) in [5.74, 6) is 1.57. The molecule has 0 radical (unpaired) electrons. The van der Waals surface area contributed by atoms with Gasteiger partial charge in [0.05, 0.1) is 20.3 Å². The van der Waals surface area contributed by atoms with E-state index in [0.717, 1.165) is 49.3 Å². The minimum atomic E-state index is -0.169. The molecule has 7 heteroatoms. The maximum absolute atomic E-state index is 12.8. The molecule has 29 heavy (non-hydrogen) atoms. The molecule has 0 aromatic heterocycles. The van der Waals surface area contributed by atoms with Crippen LogP contribution >= 0.6 is 0 Å². The van der Waals surface area contributed by atoms with Crippen LogP contribution in [0.1, 0.15) is 63.0 Å². The first-order valence-electron chi connectivity index (χ1n) is 10.7. The molecule has 3 amide bonds. The van der Waals surface area contributed by atoms with E-state index in [0.29, 0.717) is 13.0 Å². The number of nitrogens with one attached hydrogen (secondary N) is 2. The summed E-state index contributed by atoms with van der Waals surface area (Å²) in [6.07, 6.45) is 7.83. The second kappa shape index (κ2) is 10.4. The van der Waals surface area contributed by atoms with Gasteiger partial charge in [-0.3, -0.25) is 4.79 Å². The average Bonchev–Trinajstić information content (AvgIpc) is 3.23. The summed E-state index contributed by atoms with van der Waals surface area (Å²) in [4.78, 5) is 26.8. The lowest BCUT2D eigenvalue weighted by atomic mass is 9.96. The second-order valence-electron chi connectivity index (χ2n) is 7.84. The molecule has 3 rings (SSSR count). The van der Waals surface area contributed by atoms with Crippen molar-refractivity contribution in [3.05, 3.63) is 23.8 Å². The van der Waals surface area contributed by atoms with E-state index in [-0.39, 0.29) is 24.0 Å². The largest absolute Gasteiger partial charge is 0.497 e. The zero-order valence-electron chi connectivity index (χ0n) is 17.5. The first-order valence-corrected chi connectivity index (χ1v) is 10.7. The third-order valence-electron chi connectivity index (χ3n) is 5.93. The highest BCUT2D eigenvalue weighted by Crippen LogP contribution is 2.39. The van der Waals surface area contributed by atoms with Crippen molar-refractivity contribution >= 4 is 11.9 Å². The molecule has 0 bridgehead atoms. The standard InChI is InChI=1S/C22H33N3O4/c1-28-17-10-11-20(29-2)18(15-17)19-9-6-14-25(19)21(26)12-13-23-22(27)24-16-7-4-3-5-8-16/h10-11,15-16,19H,3-9,12-14H2,1-2H3,(H2,23,24,27). The lowest BCUT2D eigenvalue weighted by molar-refractivity contribution is -0.132. The molecule has 1 aromatic rings. The number of amides is 3. The SMILES string of the molecule is COc1ccc(OC)c(C2CCCN2C(=O)CCNC(=O)NC2CCCCC2)c1. The highest BCUT2D eigenvalue weighted by Gasteiger charge is 2.32. The van der Waals surface area contributed by atoms with Crippen LogP contribution in [0.5, 0.6) is 11.5 Å². The Hall–Kier alpha value is -2.44. The van der Waals surface area contributed by atoms with Gasteiger partial charge in [0, 0.05) is 31.1 Å². The number of carbonyl (C=O) groups excluding carboxylic acids is 2. The summed E-state index contributed by atoms with van der Waals surface area (Å²) in [5, 5.41) is 5.86. The molecular formula is C22H33N3O4. The van der Waals surface area contributed by atoms with E-state index in [1.165, 1.54) is 19.3 Å². The minimum absolute atomic E-state index is 0.0244. The zero-order valence-corrected chi connectivity index (χ0v) is 17.5. The van der Waals surface area contributed by atoms with E-state index >= 15 is 0 Å². The lowest BCUT2D eigenvalue weighted by Gasteiger charge is -2.27. The molecule has 0 spiro atoms. The van der Waals surface area contributed by atoms with Gasteiger partial charge >= 0.3 is 6.03 Å². The summed E-state index contributed by atoms with van der Waals surface area (Å²) in [6, 6.07) is 5.76. The van der Waals surface area contributed by atoms with Crippen molar-refractivity contribution in [2.45, 2.75) is 63.5 Å². The highest BCUT2D eigenvalue weighted by atomic mass is 16.5. The van der Waals surface area contributed by atoms with Crippen molar-refractivity contribution < 1.29 is 19.1 Å². The Morgan fingerprint density at radius 3 is 2.59 bits per heavy atom. The number of carbonyl (C=O) groups is 2. The molecule has 1 aromatic carbocycles. The Morgan fingerprint density at radius 2 is 1.86 bits per heavy atom. The van der Waals surface area contributed by atoms with Crippen molar-refractivity contribution in [3.63, 3.8) is 0 Å². The average molecular weight is 404 g/mol. The van der Waals surface area contributed by atoms with E-state index in [1.54, 1.807) is 14.2 Å². The van der Waals surface area contributed by atoms with Crippen molar-refractivity contribution in [1.82, 2.24) is 15.5 Å². The Bertz CT molecular complexity index is 703. The number of hydrogen-bond acceptors (Lipinski definition) is 4. The molecule has 160 valence electrons. The molecule has 1 aliphatic heterocycles. The highest BCUT2D eigenvalue weighted by molar-refractivity contribution is 5.79.